The van der Waals surface area contributed by atoms with E-state index in [1.807, 2.05) is 0 Å². The first-order valence-corrected chi connectivity index (χ1v) is 9.57. The molecular weight excluding hydrogens is 368 g/mol. The SMILES string of the molecule is [2H]C([2H])([2H])Oc1ccc(C(=O)NCCCCCCCNC(=O)c2ccc(OC([2H])([2H])[2H])cc2)cc1. The van der Waals surface area contributed by atoms with Gasteiger partial charge in [-0.1, -0.05) is 19.3 Å². The van der Waals surface area contributed by atoms with E-state index in [0.717, 1.165) is 32.1 Å². The van der Waals surface area contributed by atoms with Crippen LogP contribution < -0.4 is 20.1 Å². The molecule has 0 aliphatic carbocycles. The highest BCUT2D eigenvalue weighted by molar-refractivity contribution is 5.94. The van der Waals surface area contributed by atoms with Gasteiger partial charge in [0.2, 0.25) is 0 Å². The average Bonchev–Trinajstić information content (AvgIpc) is 2.76. The number of rotatable bonds is 12. The van der Waals surface area contributed by atoms with Crippen molar-refractivity contribution in [1.29, 1.82) is 0 Å². The predicted octanol–water partition coefficient (Wildman–Crippen LogP) is 3.81. The number of unbranched alkanes of at least 4 members (excludes halogenated alkanes) is 4. The highest BCUT2D eigenvalue weighted by Gasteiger charge is 2.05. The lowest BCUT2D eigenvalue weighted by molar-refractivity contribution is 0.0945. The molecule has 0 heterocycles. The van der Waals surface area contributed by atoms with Crippen molar-refractivity contribution in [3.63, 3.8) is 0 Å². The Kier molecular flexibility index (Phi) is 6.39. The van der Waals surface area contributed by atoms with E-state index in [0.29, 0.717) is 24.2 Å². The van der Waals surface area contributed by atoms with Crippen molar-refractivity contribution in [3.8, 4) is 11.5 Å². The maximum Gasteiger partial charge on any atom is 0.251 e. The van der Waals surface area contributed by atoms with E-state index in [-0.39, 0.29) is 23.3 Å². The van der Waals surface area contributed by atoms with Crippen molar-refractivity contribution in [2.75, 3.05) is 27.2 Å². The first-order valence-electron chi connectivity index (χ1n) is 12.6. The van der Waals surface area contributed by atoms with E-state index in [4.69, 9.17) is 17.7 Å². The minimum absolute atomic E-state index is 0.177. The number of hydrogen-bond acceptors (Lipinski definition) is 4. The maximum atomic E-state index is 12.1. The van der Waals surface area contributed by atoms with Gasteiger partial charge in [0.05, 0.1) is 22.3 Å². The van der Waals surface area contributed by atoms with Crippen LogP contribution in [0.4, 0.5) is 0 Å². The summed E-state index contributed by atoms with van der Waals surface area (Å²) in [5.74, 6) is -0.107. The van der Waals surface area contributed by atoms with Gasteiger partial charge in [-0.2, -0.15) is 0 Å². The summed E-state index contributed by atoms with van der Waals surface area (Å²) in [4.78, 5) is 24.3. The van der Waals surface area contributed by atoms with Crippen LogP contribution in [0.5, 0.6) is 11.5 Å². The number of ether oxygens (including phenoxy) is 2. The van der Waals surface area contributed by atoms with E-state index in [2.05, 4.69) is 10.6 Å². The molecule has 6 heteroatoms. The van der Waals surface area contributed by atoms with Crippen molar-refractivity contribution in [3.05, 3.63) is 59.7 Å². The van der Waals surface area contributed by atoms with E-state index < -0.39 is 14.1 Å². The molecule has 2 N–H and O–H groups in total. The Bertz CT molecular complexity index is 867. The van der Waals surface area contributed by atoms with E-state index >= 15 is 0 Å². The Labute approximate surface area is 181 Å². The molecule has 29 heavy (non-hydrogen) atoms. The summed E-state index contributed by atoms with van der Waals surface area (Å²) in [5, 5.41) is 5.66. The highest BCUT2D eigenvalue weighted by Crippen LogP contribution is 2.12. The van der Waals surface area contributed by atoms with Crippen LogP contribution in [0.3, 0.4) is 0 Å². The molecule has 0 unspecified atom stereocenters. The Balaban J connectivity index is 1.53. The van der Waals surface area contributed by atoms with Crippen LogP contribution in [0, 0.1) is 0 Å². The van der Waals surface area contributed by atoms with E-state index in [1.54, 1.807) is 0 Å². The zero-order valence-electron chi connectivity index (χ0n) is 22.2. The van der Waals surface area contributed by atoms with Gasteiger partial charge in [-0.3, -0.25) is 9.59 Å². The van der Waals surface area contributed by atoms with Gasteiger partial charge in [0.1, 0.15) is 11.5 Å². The fraction of sp³-hybridized carbons (Fsp3) is 0.391. The fourth-order valence-electron chi connectivity index (χ4n) is 2.74. The minimum atomic E-state index is -2.53. The zero-order valence-corrected chi connectivity index (χ0v) is 16.2. The van der Waals surface area contributed by atoms with Gasteiger partial charge in [-0.15, -0.1) is 0 Å². The summed E-state index contributed by atoms with van der Waals surface area (Å²) in [5.41, 5.74) is 0.858. The molecule has 2 rings (SSSR count). The molecule has 2 aromatic carbocycles. The Morgan fingerprint density at radius 1 is 0.690 bits per heavy atom. The first kappa shape index (κ1) is 14.9. The van der Waals surface area contributed by atoms with Gasteiger partial charge in [0.15, 0.2) is 0 Å². The van der Waals surface area contributed by atoms with Gasteiger partial charge in [-0.25, -0.2) is 0 Å². The molecule has 0 aliphatic rings. The van der Waals surface area contributed by atoms with Crippen LogP contribution >= 0.6 is 0 Å². The molecule has 0 fully saturated rings. The molecule has 0 aromatic heterocycles. The summed E-state index contributed by atoms with van der Waals surface area (Å²) in [6.07, 6.45) is 4.48. The number of methoxy groups -OCH3 is 2. The molecule has 2 aromatic rings. The molecule has 0 atom stereocenters. The van der Waals surface area contributed by atoms with Crippen LogP contribution in [0.15, 0.2) is 48.5 Å². The topological polar surface area (TPSA) is 76.7 Å². The molecule has 2 amide bonds. The number of benzene rings is 2. The van der Waals surface area contributed by atoms with Crippen LogP contribution in [0.25, 0.3) is 0 Å². The van der Waals surface area contributed by atoms with Gasteiger partial charge >= 0.3 is 0 Å². The van der Waals surface area contributed by atoms with Crippen molar-refractivity contribution in [2.45, 2.75) is 32.1 Å². The molecule has 0 bridgehead atoms. The molecule has 0 radical (unpaired) electrons. The lowest BCUT2D eigenvalue weighted by atomic mass is 10.1. The van der Waals surface area contributed by atoms with E-state index in [9.17, 15) is 9.59 Å². The molecule has 0 saturated carbocycles. The largest absolute Gasteiger partial charge is 0.497 e. The normalized spacial score (nSPS) is 14.2. The third-order valence-electron chi connectivity index (χ3n) is 4.39. The van der Waals surface area contributed by atoms with Gasteiger partial charge in [-0.05, 0) is 61.4 Å². The van der Waals surface area contributed by atoms with Crippen LogP contribution in [-0.2, 0) is 0 Å². The summed E-state index contributed by atoms with van der Waals surface area (Å²) in [6.45, 7) is 1.06. The standard InChI is InChI=1S/C23H30N2O4/c1-28-20-12-8-18(9-13-20)22(26)24-16-6-4-3-5-7-17-25-23(27)19-10-14-21(29-2)15-11-19/h8-15H,3-7,16-17H2,1-2H3,(H,24,26)(H,25,27)/i1D3,2D3. The molecular formula is C23H30N2O4. The minimum Gasteiger partial charge on any atom is -0.497 e. The highest BCUT2D eigenvalue weighted by atomic mass is 16.5. The summed E-state index contributed by atoms with van der Waals surface area (Å²) >= 11 is 0. The van der Waals surface area contributed by atoms with Crippen LogP contribution in [-0.4, -0.2) is 39.0 Å². The van der Waals surface area contributed by atoms with Gasteiger partial charge < -0.3 is 20.1 Å². The van der Waals surface area contributed by atoms with E-state index in [1.165, 1.54) is 48.5 Å². The van der Waals surface area contributed by atoms with Crippen molar-refractivity contribution in [1.82, 2.24) is 10.6 Å². The lowest BCUT2D eigenvalue weighted by Gasteiger charge is -2.07. The van der Waals surface area contributed by atoms with Gasteiger partial charge in [0, 0.05) is 24.2 Å². The summed E-state index contributed by atoms with van der Waals surface area (Å²) in [7, 11) is -5.05. The predicted molar refractivity (Wildman–Crippen MR) is 114 cm³/mol. The zero-order chi connectivity index (χ0) is 25.9. The Morgan fingerprint density at radius 2 is 1.07 bits per heavy atom. The maximum absolute atomic E-state index is 12.1. The summed E-state index contributed by atoms with van der Waals surface area (Å²) in [6, 6.07) is 11.9. The second-order valence-electron chi connectivity index (χ2n) is 6.53. The Hall–Kier alpha value is -3.02. The number of nitrogens with one attached hydrogen (secondary N) is 2. The Morgan fingerprint density at radius 3 is 1.45 bits per heavy atom. The van der Waals surface area contributed by atoms with Crippen molar-refractivity contribution in [2.24, 2.45) is 0 Å². The van der Waals surface area contributed by atoms with Crippen LogP contribution in [0.1, 0.15) is 61.0 Å². The number of amides is 2. The second-order valence-corrected chi connectivity index (χ2v) is 6.53. The van der Waals surface area contributed by atoms with Crippen molar-refractivity contribution >= 4 is 11.8 Å². The first-order chi connectivity index (χ1) is 16.4. The second kappa shape index (κ2) is 12.4. The summed E-state index contributed by atoms with van der Waals surface area (Å²) < 4.78 is 51.9. The van der Waals surface area contributed by atoms with Crippen molar-refractivity contribution < 1.29 is 27.3 Å². The lowest BCUT2D eigenvalue weighted by Crippen LogP contribution is -2.24. The number of carbonyl (C=O) groups excluding carboxylic acids is 2. The van der Waals surface area contributed by atoms with Crippen LogP contribution in [0.2, 0.25) is 0 Å². The molecule has 6 nitrogen and oxygen atoms in total. The number of carbonyl (C=O) groups is 2. The molecule has 0 aliphatic heterocycles. The molecule has 0 spiro atoms. The monoisotopic (exact) mass is 404 g/mol. The quantitative estimate of drug-likeness (QED) is 0.528. The smallest absolute Gasteiger partial charge is 0.251 e. The third-order valence-corrected chi connectivity index (χ3v) is 4.39. The molecule has 0 saturated heterocycles. The molecule has 156 valence electrons. The third kappa shape index (κ3) is 7.86. The fourth-order valence-corrected chi connectivity index (χ4v) is 2.74. The number of hydrogen-bond donors (Lipinski definition) is 2. The average molecular weight is 405 g/mol. The van der Waals surface area contributed by atoms with Gasteiger partial charge in [0.25, 0.3) is 11.8 Å².